The normalized spacial score (nSPS) is 3.57. The zero-order chi connectivity index (χ0) is 3.58. The number of halogens is 1. The fourth-order valence-electron chi connectivity index (χ4n) is 0. The maximum Gasteiger partial charge on any atom is 0 e. The summed E-state index contributed by atoms with van der Waals surface area (Å²) in [6, 6.07) is 0. The third-order valence-corrected chi connectivity index (χ3v) is 0. The van der Waals surface area contributed by atoms with E-state index in [0.717, 1.165) is 6.92 Å². The van der Waals surface area contributed by atoms with E-state index in [4.69, 9.17) is 9.90 Å². The van der Waals surface area contributed by atoms with Crippen molar-refractivity contribution in [2.24, 2.45) is 0 Å². The van der Waals surface area contributed by atoms with Crippen LogP contribution in [0.2, 0.25) is 0 Å². The standard InChI is InChI=1S/C2H4O2.HI.K.Zn.H/c1-2(3)4;;;;/h1H3,(H,3,4);1H;;;. The zero-order valence-electron chi connectivity index (χ0n) is 3.47. The Kier molecular flexibility index (Phi) is 51.2. The van der Waals surface area contributed by atoms with Crippen LogP contribution in [0, 0.1) is 0 Å². The molecule has 36 valence electrons. The fourth-order valence-corrected chi connectivity index (χ4v) is 0. The Morgan fingerprint density at radius 3 is 1.57 bits per heavy atom. The minimum atomic E-state index is -0.833. The van der Waals surface area contributed by atoms with Gasteiger partial charge < -0.3 is 5.11 Å². The van der Waals surface area contributed by atoms with Crippen LogP contribution in [0.15, 0.2) is 0 Å². The monoisotopic (exact) mass is 292 g/mol. The van der Waals surface area contributed by atoms with Crippen molar-refractivity contribution in [2.45, 2.75) is 6.92 Å². The van der Waals surface area contributed by atoms with Crippen LogP contribution < -0.4 is 0 Å². The van der Waals surface area contributed by atoms with E-state index in [1.165, 1.54) is 0 Å². The van der Waals surface area contributed by atoms with Gasteiger partial charge in [-0.2, -0.15) is 0 Å². The topological polar surface area (TPSA) is 37.3 Å². The van der Waals surface area contributed by atoms with E-state index >= 15 is 0 Å². The molecule has 1 N–H and O–H groups in total. The third kappa shape index (κ3) is 58.3. The van der Waals surface area contributed by atoms with Gasteiger partial charge in [0, 0.05) is 26.4 Å². The van der Waals surface area contributed by atoms with Gasteiger partial charge in [0.05, 0.1) is 0 Å². The molecule has 0 saturated heterocycles. The van der Waals surface area contributed by atoms with Gasteiger partial charge >= 0.3 is 51.4 Å². The number of rotatable bonds is 0. The SMILES string of the molecule is CC(=O)O.I.[KH].[Zn]. The van der Waals surface area contributed by atoms with Crippen molar-refractivity contribution in [3.63, 3.8) is 0 Å². The molecule has 0 heterocycles. The Bertz CT molecular complexity index is 38.7. The summed E-state index contributed by atoms with van der Waals surface area (Å²) in [4.78, 5) is 9.00. The first kappa shape index (κ1) is 22.7. The van der Waals surface area contributed by atoms with Crippen LogP contribution in [0.1, 0.15) is 6.92 Å². The summed E-state index contributed by atoms with van der Waals surface area (Å²) in [6.07, 6.45) is 0. The Morgan fingerprint density at radius 2 is 1.57 bits per heavy atom. The molecule has 0 aromatic rings. The predicted molar refractivity (Wildman–Crippen MR) is 35.9 cm³/mol. The molecule has 0 aromatic heterocycles. The quantitative estimate of drug-likeness (QED) is 0.506. The molecule has 0 radical (unpaired) electrons. The Morgan fingerprint density at radius 1 is 1.57 bits per heavy atom. The molecular formula is C2H6IKO2Zn. The van der Waals surface area contributed by atoms with E-state index in [-0.39, 0.29) is 94.8 Å². The summed E-state index contributed by atoms with van der Waals surface area (Å²) in [5.41, 5.74) is 0. The average Bonchev–Trinajstić information content (AvgIpc) is 0.811. The molecule has 0 fully saturated rings. The van der Waals surface area contributed by atoms with Crippen LogP contribution in [0.4, 0.5) is 0 Å². The maximum absolute atomic E-state index is 9.00. The van der Waals surface area contributed by atoms with Gasteiger partial charge in [0.25, 0.3) is 5.97 Å². The molecule has 0 rings (SSSR count). The van der Waals surface area contributed by atoms with Crippen molar-refractivity contribution in [1.82, 2.24) is 0 Å². The molecule has 7 heavy (non-hydrogen) atoms. The van der Waals surface area contributed by atoms with E-state index < -0.39 is 5.97 Å². The second kappa shape index (κ2) is 15.8. The Labute approximate surface area is 115 Å². The summed E-state index contributed by atoms with van der Waals surface area (Å²) in [5, 5.41) is 7.42. The maximum atomic E-state index is 9.00. The van der Waals surface area contributed by atoms with Crippen LogP contribution in [0.5, 0.6) is 0 Å². The van der Waals surface area contributed by atoms with Crippen molar-refractivity contribution >= 4 is 81.3 Å². The summed E-state index contributed by atoms with van der Waals surface area (Å²) < 4.78 is 0. The van der Waals surface area contributed by atoms with Gasteiger partial charge in [-0.1, -0.05) is 0 Å². The molecule has 0 atom stereocenters. The largest absolute Gasteiger partial charge is 0 e. The van der Waals surface area contributed by atoms with E-state index in [1.54, 1.807) is 0 Å². The predicted octanol–water partition coefficient (Wildman–Crippen LogP) is 0.0579. The summed E-state index contributed by atoms with van der Waals surface area (Å²) in [6.45, 7) is 1.08. The van der Waals surface area contributed by atoms with Gasteiger partial charge in [0.2, 0.25) is 0 Å². The molecule has 0 spiro atoms. The molecule has 0 unspecified atom stereocenters. The molecule has 0 aliphatic heterocycles. The minimum absolute atomic E-state index is 0. The van der Waals surface area contributed by atoms with Crippen molar-refractivity contribution in [2.75, 3.05) is 0 Å². The van der Waals surface area contributed by atoms with E-state index in [9.17, 15) is 0 Å². The second-order valence-corrected chi connectivity index (χ2v) is 0.519. The Hall–Kier alpha value is 2.46. The Balaban J connectivity index is -0.0000000150. The van der Waals surface area contributed by atoms with E-state index in [1.807, 2.05) is 0 Å². The van der Waals surface area contributed by atoms with Crippen molar-refractivity contribution in [3.8, 4) is 0 Å². The molecule has 0 aliphatic carbocycles. The number of carbonyl (C=O) groups is 1. The number of aliphatic carboxylic acids is 1. The molecule has 5 heteroatoms. The van der Waals surface area contributed by atoms with Crippen LogP contribution in [0.3, 0.4) is 0 Å². The molecule has 2 nitrogen and oxygen atoms in total. The van der Waals surface area contributed by atoms with Gasteiger partial charge in [-0.05, 0) is 0 Å². The molecule has 0 saturated carbocycles. The average molecular weight is 293 g/mol. The minimum Gasteiger partial charge on any atom is 0 e. The first-order valence-corrected chi connectivity index (χ1v) is 0.928. The zero-order valence-corrected chi connectivity index (χ0v) is 8.77. The fraction of sp³-hybridized carbons (Fsp3) is 0.500. The number of hydrogen-bond acceptors (Lipinski definition) is 1. The van der Waals surface area contributed by atoms with Crippen LogP contribution in [-0.4, -0.2) is 62.5 Å². The molecule has 0 bridgehead atoms. The van der Waals surface area contributed by atoms with Gasteiger partial charge in [0.15, 0.2) is 0 Å². The third-order valence-electron chi connectivity index (χ3n) is 0. The molecule has 0 aliphatic rings. The molecular weight excluding hydrogens is 287 g/mol. The first-order valence-electron chi connectivity index (χ1n) is 0.928. The summed E-state index contributed by atoms with van der Waals surface area (Å²) >= 11 is 0. The van der Waals surface area contributed by atoms with Gasteiger partial charge in [0.1, 0.15) is 0 Å². The van der Waals surface area contributed by atoms with E-state index in [0.29, 0.717) is 0 Å². The van der Waals surface area contributed by atoms with Gasteiger partial charge in [-0.15, -0.1) is 24.0 Å². The number of carboxylic acid groups (broad SMARTS) is 1. The smallest absolute Gasteiger partial charge is 0 e. The van der Waals surface area contributed by atoms with Crippen molar-refractivity contribution in [3.05, 3.63) is 0 Å². The van der Waals surface area contributed by atoms with E-state index in [2.05, 4.69) is 0 Å². The number of hydrogen-bond donors (Lipinski definition) is 1. The van der Waals surface area contributed by atoms with Crippen LogP contribution >= 0.6 is 24.0 Å². The van der Waals surface area contributed by atoms with Crippen molar-refractivity contribution < 1.29 is 29.4 Å². The first-order chi connectivity index (χ1) is 1.73. The van der Waals surface area contributed by atoms with Crippen molar-refractivity contribution in [1.29, 1.82) is 0 Å². The van der Waals surface area contributed by atoms with Gasteiger partial charge in [-0.3, -0.25) is 4.79 Å². The molecule has 0 aromatic carbocycles. The van der Waals surface area contributed by atoms with Gasteiger partial charge in [-0.25, -0.2) is 0 Å². The number of carboxylic acids is 1. The van der Waals surface area contributed by atoms with Crippen LogP contribution in [-0.2, 0) is 24.3 Å². The summed E-state index contributed by atoms with van der Waals surface area (Å²) in [5.74, 6) is -0.833. The van der Waals surface area contributed by atoms with Crippen LogP contribution in [0.25, 0.3) is 0 Å². The second-order valence-electron chi connectivity index (χ2n) is 0.519. The summed E-state index contributed by atoms with van der Waals surface area (Å²) in [7, 11) is 0. The molecule has 0 amide bonds.